The highest BCUT2D eigenvalue weighted by Gasteiger charge is 2.50. The molecule has 2 N–H and O–H groups in total. The first-order chi connectivity index (χ1) is 9.70. The summed E-state index contributed by atoms with van der Waals surface area (Å²) < 4.78 is 0. The number of carbonyl (C=O) groups is 1. The normalized spacial score (nSPS) is 38.1. The lowest BCUT2D eigenvalue weighted by Gasteiger charge is -2.53. The summed E-state index contributed by atoms with van der Waals surface area (Å²) in [6.07, 6.45) is 8.46. The SMILES string of the molecule is Cc1[nH]ncc1CNC(=O)C1C2CC3CC(C2)CC1C3. The summed E-state index contributed by atoms with van der Waals surface area (Å²) in [6, 6.07) is 0. The fourth-order valence-corrected chi connectivity index (χ4v) is 5.21. The molecule has 4 fully saturated rings. The van der Waals surface area contributed by atoms with Crippen LogP contribution in [0, 0.1) is 36.5 Å². The van der Waals surface area contributed by atoms with Crippen LogP contribution < -0.4 is 5.32 Å². The fourth-order valence-electron chi connectivity index (χ4n) is 5.21. The first-order valence-corrected chi connectivity index (χ1v) is 7.97. The fraction of sp³-hybridized carbons (Fsp3) is 0.750. The van der Waals surface area contributed by atoms with Gasteiger partial charge in [-0.25, -0.2) is 0 Å². The molecule has 1 aromatic heterocycles. The number of nitrogens with one attached hydrogen (secondary N) is 2. The molecule has 1 heterocycles. The minimum atomic E-state index is 0.287. The third-order valence-electron chi connectivity index (χ3n) is 5.92. The van der Waals surface area contributed by atoms with Gasteiger partial charge in [-0.2, -0.15) is 5.10 Å². The molecule has 4 heteroatoms. The van der Waals surface area contributed by atoms with Crippen molar-refractivity contribution in [2.75, 3.05) is 0 Å². The third kappa shape index (κ3) is 1.97. The van der Waals surface area contributed by atoms with Crippen molar-refractivity contribution in [3.05, 3.63) is 17.5 Å². The Morgan fingerprint density at radius 2 is 1.90 bits per heavy atom. The van der Waals surface area contributed by atoms with E-state index in [1.54, 1.807) is 0 Å². The van der Waals surface area contributed by atoms with E-state index in [0.717, 1.165) is 23.1 Å². The molecule has 5 rings (SSSR count). The standard InChI is InChI=1S/C16H23N3O/c1-9-14(8-18-19-9)7-17-16(20)15-12-3-10-2-11(5-12)6-13(15)4-10/h8,10-13,15H,2-7H2,1H3,(H,17,20)(H,18,19). The molecule has 4 saturated carbocycles. The maximum absolute atomic E-state index is 12.6. The number of amides is 1. The monoisotopic (exact) mass is 273 g/mol. The van der Waals surface area contributed by atoms with Gasteiger partial charge in [-0.1, -0.05) is 0 Å². The van der Waals surface area contributed by atoms with Gasteiger partial charge < -0.3 is 5.32 Å². The molecule has 1 amide bonds. The smallest absolute Gasteiger partial charge is 0.223 e. The first kappa shape index (κ1) is 12.4. The molecule has 4 aliphatic rings. The molecule has 0 atom stereocenters. The van der Waals surface area contributed by atoms with E-state index < -0.39 is 0 Å². The van der Waals surface area contributed by atoms with Gasteiger partial charge in [0.25, 0.3) is 0 Å². The topological polar surface area (TPSA) is 57.8 Å². The molecule has 0 radical (unpaired) electrons. The molecule has 0 unspecified atom stereocenters. The van der Waals surface area contributed by atoms with Gasteiger partial charge in [-0.05, 0) is 62.7 Å². The summed E-state index contributed by atoms with van der Waals surface area (Å²) in [5.74, 6) is 3.76. The summed E-state index contributed by atoms with van der Waals surface area (Å²) in [4.78, 5) is 12.6. The number of aryl methyl sites for hydroxylation is 1. The van der Waals surface area contributed by atoms with Gasteiger partial charge in [-0.15, -0.1) is 0 Å². The van der Waals surface area contributed by atoms with Gasteiger partial charge in [0, 0.05) is 23.7 Å². The molecule has 108 valence electrons. The summed E-state index contributed by atoms with van der Waals surface area (Å²) in [7, 11) is 0. The molecule has 0 saturated heterocycles. The van der Waals surface area contributed by atoms with Crippen LogP contribution in [0.4, 0.5) is 0 Å². The average molecular weight is 273 g/mol. The Hall–Kier alpha value is -1.32. The van der Waals surface area contributed by atoms with Crippen molar-refractivity contribution < 1.29 is 4.79 Å². The predicted molar refractivity (Wildman–Crippen MR) is 75.7 cm³/mol. The number of aromatic amines is 1. The second kappa shape index (κ2) is 4.61. The van der Waals surface area contributed by atoms with Crippen LogP contribution in [0.25, 0.3) is 0 Å². The first-order valence-electron chi connectivity index (χ1n) is 7.97. The van der Waals surface area contributed by atoms with E-state index >= 15 is 0 Å². The molecule has 0 aromatic carbocycles. The predicted octanol–water partition coefficient (Wildman–Crippen LogP) is 2.41. The molecule has 4 bridgehead atoms. The van der Waals surface area contributed by atoms with E-state index in [-0.39, 0.29) is 5.92 Å². The lowest BCUT2D eigenvalue weighted by Crippen LogP contribution is -2.50. The van der Waals surface area contributed by atoms with Crippen LogP contribution in [-0.2, 0) is 11.3 Å². The van der Waals surface area contributed by atoms with E-state index in [4.69, 9.17) is 0 Å². The minimum absolute atomic E-state index is 0.287. The van der Waals surface area contributed by atoms with Crippen molar-refractivity contribution in [3.63, 3.8) is 0 Å². The lowest BCUT2D eigenvalue weighted by molar-refractivity contribution is -0.138. The van der Waals surface area contributed by atoms with Crippen molar-refractivity contribution in [3.8, 4) is 0 Å². The average Bonchev–Trinajstić information content (AvgIpc) is 2.80. The van der Waals surface area contributed by atoms with Gasteiger partial charge >= 0.3 is 0 Å². The van der Waals surface area contributed by atoms with Gasteiger partial charge in [0.2, 0.25) is 5.91 Å². The maximum Gasteiger partial charge on any atom is 0.223 e. The third-order valence-corrected chi connectivity index (χ3v) is 5.92. The number of hydrogen-bond donors (Lipinski definition) is 2. The van der Waals surface area contributed by atoms with Crippen LogP contribution in [0.1, 0.15) is 43.4 Å². The molecular formula is C16H23N3O. The highest BCUT2D eigenvalue weighted by molar-refractivity contribution is 5.79. The van der Waals surface area contributed by atoms with Crippen molar-refractivity contribution in [1.82, 2.24) is 15.5 Å². The highest BCUT2D eigenvalue weighted by atomic mass is 16.1. The highest BCUT2D eigenvalue weighted by Crippen LogP contribution is 2.56. The van der Waals surface area contributed by atoms with E-state index in [9.17, 15) is 4.79 Å². The molecule has 1 aromatic rings. The molecule has 20 heavy (non-hydrogen) atoms. The van der Waals surface area contributed by atoms with Crippen LogP contribution in [0.15, 0.2) is 6.20 Å². The van der Waals surface area contributed by atoms with Crippen LogP contribution in [0.5, 0.6) is 0 Å². The zero-order valence-electron chi connectivity index (χ0n) is 12.1. The van der Waals surface area contributed by atoms with E-state index in [1.165, 1.54) is 32.1 Å². The molecule has 4 nitrogen and oxygen atoms in total. The van der Waals surface area contributed by atoms with Crippen LogP contribution in [0.3, 0.4) is 0 Å². The zero-order chi connectivity index (χ0) is 13.7. The molecular weight excluding hydrogens is 250 g/mol. The van der Waals surface area contributed by atoms with E-state index in [0.29, 0.717) is 24.3 Å². The van der Waals surface area contributed by atoms with Gasteiger partial charge in [0.15, 0.2) is 0 Å². The Morgan fingerprint density at radius 3 is 2.45 bits per heavy atom. The Morgan fingerprint density at radius 1 is 1.25 bits per heavy atom. The van der Waals surface area contributed by atoms with Gasteiger partial charge in [-0.3, -0.25) is 9.89 Å². The number of nitrogens with zero attached hydrogens (tertiary/aromatic N) is 1. The van der Waals surface area contributed by atoms with Gasteiger partial charge in [0.1, 0.15) is 0 Å². The quantitative estimate of drug-likeness (QED) is 0.888. The molecule has 4 aliphatic carbocycles. The minimum Gasteiger partial charge on any atom is -0.352 e. The Balaban J connectivity index is 1.43. The zero-order valence-corrected chi connectivity index (χ0v) is 12.1. The summed E-state index contributed by atoms with van der Waals surface area (Å²) in [5, 5.41) is 10.1. The molecule has 0 aliphatic heterocycles. The van der Waals surface area contributed by atoms with Crippen molar-refractivity contribution in [1.29, 1.82) is 0 Å². The van der Waals surface area contributed by atoms with E-state index in [1.807, 2.05) is 13.1 Å². The maximum atomic E-state index is 12.6. The van der Waals surface area contributed by atoms with Crippen LogP contribution in [0.2, 0.25) is 0 Å². The largest absolute Gasteiger partial charge is 0.352 e. The summed E-state index contributed by atoms with van der Waals surface area (Å²) >= 11 is 0. The Bertz CT molecular complexity index is 494. The Kier molecular flexibility index (Phi) is 2.86. The van der Waals surface area contributed by atoms with Crippen LogP contribution in [-0.4, -0.2) is 16.1 Å². The lowest BCUT2D eigenvalue weighted by atomic mass is 9.51. The van der Waals surface area contributed by atoms with Crippen molar-refractivity contribution in [2.24, 2.45) is 29.6 Å². The van der Waals surface area contributed by atoms with E-state index in [2.05, 4.69) is 15.5 Å². The number of rotatable bonds is 3. The Labute approximate surface area is 119 Å². The van der Waals surface area contributed by atoms with Crippen LogP contribution >= 0.6 is 0 Å². The number of H-pyrrole nitrogens is 1. The van der Waals surface area contributed by atoms with Crippen molar-refractivity contribution >= 4 is 5.91 Å². The number of carbonyl (C=O) groups excluding carboxylic acids is 1. The summed E-state index contributed by atoms with van der Waals surface area (Å²) in [5.41, 5.74) is 2.15. The second-order valence-electron chi connectivity index (χ2n) is 7.19. The summed E-state index contributed by atoms with van der Waals surface area (Å²) in [6.45, 7) is 2.61. The van der Waals surface area contributed by atoms with Gasteiger partial charge in [0.05, 0.1) is 6.20 Å². The number of hydrogen-bond acceptors (Lipinski definition) is 2. The number of aromatic nitrogens is 2. The van der Waals surface area contributed by atoms with Crippen molar-refractivity contribution in [2.45, 2.75) is 45.6 Å². The second-order valence-corrected chi connectivity index (χ2v) is 7.19. The molecule has 0 spiro atoms.